The Morgan fingerprint density at radius 2 is 1.80 bits per heavy atom. The maximum absolute atomic E-state index is 11.2. The summed E-state index contributed by atoms with van der Waals surface area (Å²) in [7, 11) is 0. The van der Waals surface area contributed by atoms with Crippen LogP contribution in [0.2, 0.25) is 0 Å². The predicted molar refractivity (Wildman–Crippen MR) is 84.3 cm³/mol. The van der Waals surface area contributed by atoms with E-state index in [0.717, 1.165) is 26.9 Å². The Morgan fingerprint density at radius 1 is 1.20 bits per heavy atom. The molecule has 0 atom stereocenters. The second-order valence-electron chi connectivity index (χ2n) is 4.73. The van der Waals surface area contributed by atoms with Gasteiger partial charge in [-0.2, -0.15) is 0 Å². The van der Waals surface area contributed by atoms with Crippen molar-refractivity contribution < 1.29 is 9.90 Å². The minimum Gasteiger partial charge on any atom is -0.478 e. The maximum Gasteiger partial charge on any atom is 0.336 e. The SMILES string of the molecule is Cc1cc(Br)cc(C)c1NCc1ccccc1C(=O)O. The number of aryl methyl sites for hydroxylation is 2. The Labute approximate surface area is 126 Å². The monoisotopic (exact) mass is 333 g/mol. The highest BCUT2D eigenvalue weighted by Gasteiger charge is 2.10. The minimum atomic E-state index is -0.897. The van der Waals surface area contributed by atoms with Crippen molar-refractivity contribution in [3.8, 4) is 0 Å². The molecule has 0 amide bonds. The molecule has 0 fully saturated rings. The molecule has 0 saturated carbocycles. The molecule has 0 aliphatic heterocycles. The highest BCUT2D eigenvalue weighted by atomic mass is 79.9. The average Bonchev–Trinajstić information content (AvgIpc) is 2.37. The van der Waals surface area contributed by atoms with Gasteiger partial charge in [0.25, 0.3) is 0 Å². The molecule has 0 aliphatic rings. The second kappa shape index (κ2) is 6.09. The molecule has 2 aromatic carbocycles. The number of carboxylic acid groups (broad SMARTS) is 1. The first-order valence-electron chi connectivity index (χ1n) is 6.31. The average molecular weight is 334 g/mol. The molecule has 0 saturated heterocycles. The summed E-state index contributed by atoms with van der Waals surface area (Å²) in [6.07, 6.45) is 0. The number of rotatable bonds is 4. The lowest BCUT2D eigenvalue weighted by Gasteiger charge is -2.14. The van der Waals surface area contributed by atoms with Crippen molar-refractivity contribution in [3.05, 3.63) is 63.1 Å². The zero-order chi connectivity index (χ0) is 14.7. The van der Waals surface area contributed by atoms with E-state index in [1.54, 1.807) is 12.1 Å². The van der Waals surface area contributed by atoms with Gasteiger partial charge in [0.05, 0.1) is 5.56 Å². The van der Waals surface area contributed by atoms with Gasteiger partial charge in [0.15, 0.2) is 0 Å². The predicted octanol–water partition coefficient (Wildman–Crippen LogP) is 4.38. The number of anilines is 1. The first-order valence-corrected chi connectivity index (χ1v) is 7.10. The largest absolute Gasteiger partial charge is 0.478 e. The van der Waals surface area contributed by atoms with Crippen LogP contribution in [0.15, 0.2) is 40.9 Å². The molecule has 0 aliphatic carbocycles. The summed E-state index contributed by atoms with van der Waals surface area (Å²) in [6, 6.07) is 11.1. The van der Waals surface area contributed by atoms with Gasteiger partial charge >= 0.3 is 5.97 Å². The summed E-state index contributed by atoms with van der Waals surface area (Å²) < 4.78 is 1.05. The number of halogens is 1. The van der Waals surface area contributed by atoms with Crippen molar-refractivity contribution in [2.75, 3.05) is 5.32 Å². The molecule has 104 valence electrons. The van der Waals surface area contributed by atoms with Crippen LogP contribution < -0.4 is 5.32 Å². The highest BCUT2D eigenvalue weighted by molar-refractivity contribution is 9.10. The summed E-state index contributed by atoms with van der Waals surface area (Å²) in [4.78, 5) is 11.2. The summed E-state index contributed by atoms with van der Waals surface area (Å²) >= 11 is 3.47. The van der Waals surface area contributed by atoms with Crippen molar-refractivity contribution in [1.29, 1.82) is 0 Å². The molecule has 4 heteroatoms. The van der Waals surface area contributed by atoms with Gasteiger partial charge in [0, 0.05) is 16.7 Å². The lowest BCUT2D eigenvalue weighted by Crippen LogP contribution is -2.08. The Balaban J connectivity index is 2.24. The molecule has 0 unspecified atom stereocenters. The standard InChI is InChI=1S/C16H16BrNO2/c1-10-7-13(17)8-11(2)15(10)18-9-12-5-3-4-6-14(12)16(19)20/h3-8,18H,9H2,1-2H3,(H,19,20). The molecule has 0 bridgehead atoms. The van der Waals surface area contributed by atoms with Gasteiger partial charge in [0.1, 0.15) is 0 Å². The van der Waals surface area contributed by atoms with E-state index in [0.29, 0.717) is 12.1 Å². The number of hydrogen-bond donors (Lipinski definition) is 2. The summed E-state index contributed by atoms with van der Waals surface area (Å²) in [5.41, 5.74) is 4.43. The van der Waals surface area contributed by atoms with Crippen molar-refractivity contribution in [2.24, 2.45) is 0 Å². The third-order valence-corrected chi connectivity index (χ3v) is 3.66. The number of carboxylic acids is 1. The molecular formula is C16H16BrNO2. The summed E-state index contributed by atoms with van der Waals surface area (Å²) in [5.74, 6) is -0.897. The molecule has 20 heavy (non-hydrogen) atoms. The van der Waals surface area contributed by atoms with Crippen LogP contribution >= 0.6 is 15.9 Å². The third kappa shape index (κ3) is 3.20. The van der Waals surface area contributed by atoms with Crippen LogP contribution in [0.1, 0.15) is 27.0 Å². The fraction of sp³-hybridized carbons (Fsp3) is 0.188. The second-order valence-corrected chi connectivity index (χ2v) is 5.65. The van der Waals surface area contributed by atoms with Crippen LogP contribution in [0.3, 0.4) is 0 Å². The van der Waals surface area contributed by atoms with Crippen molar-refractivity contribution in [2.45, 2.75) is 20.4 Å². The van der Waals surface area contributed by atoms with E-state index in [2.05, 4.69) is 21.2 Å². The van der Waals surface area contributed by atoms with Gasteiger partial charge in [-0.1, -0.05) is 34.1 Å². The van der Waals surface area contributed by atoms with Crippen LogP contribution in [-0.2, 0) is 6.54 Å². The number of hydrogen-bond acceptors (Lipinski definition) is 2. The summed E-state index contributed by atoms with van der Waals surface area (Å²) in [6.45, 7) is 4.55. The van der Waals surface area contributed by atoms with Crippen LogP contribution in [0.4, 0.5) is 5.69 Å². The first kappa shape index (κ1) is 14.6. The first-order chi connectivity index (χ1) is 9.49. The lowest BCUT2D eigenvalue weighted by molar-refractivity contribution is 0.0696. The van der Waals surface area contributed by atoms with Gasteiger partial charge in [-0.3, -0.25) is 0 Å². The van der Waals surface area contributed by atoms with Crippen LogP contribution in [0.25, 0.3) is 0 Å². The van der Waals surface area contributed by atoms with E-state index in [-0.39, 0.29) is 0 Å². The van der Waals surface area contributed by atoms with E-state index >= 15 is 0 Å². The number of aromatic carboxylic acids is 1. The van der Waals surface area contributed by atoms with E-state index in [4.69, 9.17) is 0 Å². The van der Waals surface area contributed by atoms with E-state index in [1.807, 2.05) is 38.1 Å². The molecule has 2 N–H and O–H groups in total. The molecule has 0 aromatic heterocycles. The van der Waals surface area contributed by atoms with E-state index < -0.39 is 5.97 Å². The summed E-state index contributed by atoms with van der Waals surface area (Å²) in [5, 5.41) is 12.5. The normalized spacial score (nSPS) is 10.3. The van der Waals surface area contributed by atoms with Crippen LogP contribution in [-0.4, -0.2) is 11.1 Å². The Kier molecular flexibility index (Phi) is 4.45. The van der Waals surface area contributed by atoms with Gasteiger partial charge in [-0.15, -0.1) is 0 Å². The quantitative estimate of drug-likeness (QED) is 0.873. The molecule has 2 aromatic rings. The maximum atomic E-state index is 11.2. The number of nitrogens with one attached hydrogen (secondary N) is 1. The highest BCUT2D eigenvalue weighted by Crippen LogP contribution is 2.25. The van der Waals surface area contributed by atoms with Crippen LogP contribution in [0, 0.1) is 13.8 Å². The molecule has 0 heterocycles. The molecule has 3 nitrogen and oxygen atoms in total. The fourth-order valence-electron chi connectivity index (χ4n) is 2.26. The zero-order valence-electron chi connectivity index (χ0n) is 11.4. The minimum absolute atomic E-state index is 0.340. The molecule has 0 radical (unpaired) electrons. The van der Waals surface area contributed by atoms with Gasteiger partial charge in [-0.05, 0) is 48.7 Å². The fourth-order valence-corrected chi connectivity index (χ4v) is 2.94. The van der Waals surface area contributed by atoms with E-state index in [1.165, 1.54) is 0 Å². The molecule has 0 spiro atoms. The Bertz CT molecular complexity index is 630. The van der Waals surface area contributed by atoms with Crippen LogP contribution in [0.5, 0.6) is 0 Å². The third-order valence-electron chi connectivity index (χ3n) is 3.20. The Hall–Kier alpha value is -1.81. The number of benzene rings is 2. The molecule has 2 rings (SSSR count). The smallest absolute Gasteiger partial charge is 0.336 e. The van der Waals surface area contributed by atoms with Crippen molar-refractivity contribution >= 4 is 27.6 Å². The lowest BCUT2D eigenvalue weighted by atomic mass is 10.1. The van der Waals surface area contributed by atoms with Crippen molar-refractivity contribution in [1.82, 2.24) is 0 Å². The van der Waals surface area contributed by atoms with Gasteiger partial charge < -0.3 is 10.4 Å². The Morgan fingerprint density at radius 3 is 2.40 bits per heavy atom. The van der Waals surface area contributed by atoms with Gasteiger partial charge in [0.2, 0.25) is 0 Å². The molecular weight excluding hydrogens is 318 g/mol. The van der Waals surface area contributed by atoms with Gasteiger partial charge in [-0.25, -0.2) is 4.79 Å². The zero-order valence-corrected chi connectivity index (χ0v) is 13.0. The number of carbonyl (C=O) groups is 1. The van der Waals surface area contributed by atoms with Crippen molar-refractivity contribution in [3.63, 3.8) is 0 Å². The topological polar surface area (TPSA) is 49.3 Å². The van der Waals surface area contributed by atoms with E-state index in [9.17, 15) is 9.90 Å².